The molecule has 0 spiro atoms. The second kappa shape index (κ2) is 10.3. The molecule has 1 aromatic heterocycles. The molecule has 0 atom stereocenters. The summed E-state index contributed by atoms with van der Waals surface area (Å²) in [5, 5.41) is 5.65. The lowest BCUT2D eigenvalue weighted by Gasteiger charge is -2.10. The van der Waals surface area contributed by atoms with Crippen LogP contribution in [0.3, 0.4) is 0 Å². The third-order valence-corrected chi connectivity index (χ3v) is 3.93. The summed E-state index contributed by atoms with van der Waals surface area (Å²) in [6, 6.07) is 10.8. The van der Waals surface area contributed by atoms with Gasteiger partial charge in [-0.3, -0.25) is 14.6 Å². The van der Waals surface area contributed by atoms with Gasteiger partial charge in [0.1, 0.15) is 11.4 Å². The molecule has 0 unspecified atom stereocenters. The summed E-state index contributed by atoms with van der Waals surface area (Å²) in [6.07, 6.45) is 2.16. The number of rotatable bonds is 9. The number of nitrogens with zero attached hydrogens (tertiary/aromatic N) is 2. The van der Waals surface area contributed by atoms with Gasteiger partial charge in [-0.05, 0) is 50.3 Å². The van der Waals surface area contributed by atoms with Crippen LogP contribution < -0.4 is 15.4 Å². The monoisotopic (exact) mass is 370 g/mol. The van der Waals surface area contributed by atoms with Crippen LogP contribution in [0.25, 0.3) is 0 Å². The van der Waals surface area contributed by atoms with Gasteiger partial charge in [0.15, 0.2) is 0 Å². The largest absolute Gasteiger partial charge is 0.497 e. The average Bonchev–Trinajstić information content (AvgIpc) is 2.67. The van der Waals surface area contributed by atoms with E-state index in [9.17, 15) is 9.59 Å². The summed E-state index contributed by atoms with van der Waals surface area (Å²) < 4.78 is 5.19. The zero-order valence-electron chi connectivity index (χ0n) is 16.0. The molecule has 0 aliphatic carbocycles. The van der Waals surface area contributed by atoms with Gasteiger partial charge in [0, 0.05) is 31.4 Å². The van der Waals surface area contributed by atoms with Gasteiger partial charge in [0.05, 0.1) is 7.11 Å². The second-order valence-corrected chi connectivity index (χ2v) is 6.35. The molecule has 0 bridgehead atoms. The fraction of sp³-hybridized carbons (Fsp3) is 0.350. The number of carbonyl (C=O) groups is 2. The summed E-state index contributed by atoms with van der Waals surface area (Å²) >= 11 is 0. The van der Waals surface area contributed by atoms with Gasteiger partial charge in [-0.1, -0.05) is 12.1 Å². The maximum absolute atomic E-state index is 12.3. The summed E-state index contributed by atoms with van der Waals surface area (Å²) in [7, 11) is 5.49. The lowest BCUT2D eigenvalue weighted by molar-refractivity contribution is 0.0946. The van der Waals surface area contributed by atoms with E-state index in [0.29, 0.717) is 25.1 Å². The Hall–Kier alpha value is -2.93. The van der Waals surface area contributed by atoms with Crippen molar-refractivity contribution in [2.75, 3.05) is 40.8 Å². The Morgan fingerprint density at radius 3 is 2.59 bits per heavy atom. The molecule has 0 fully saturated rings. The van der Waals surface area contributed by atoms with Crippen LogP contribution in [0, 0.1) is 0 Å². The molecule has 1 heterocycles. The van der Waals surface area contributed by atoms with E-state index in [2.05, 4.69) is 15.6 Å². The quantitative estimate of drug-likeness (QED) is 0.696. The highest BCUT2D eigenvalue weighted by molar-refractivity contribution is 5.98. The first-order valence-electron chi connectivity index (χ1n) is 8.79. The predicted molar refractivity (Wildman–Crippen MR) is 104 cm³/mol. The first kappa shape index (κ1) is 20.4. The van der Waals surface area contributed by atoms with Crippen molar-refractivity contribution < 1.29 is 14.3 Å². The van der Waals surface area contributed by atoms with Crippen LogP contribution >= 0.6 is 0 Å². The molecule has 1 aromatic carbocycles. The van der Waals surface area contributed by atoms with Crippen LogP contribution in [0.4, 0.5) is 0 Å². The molecule has 7 heteroatoms. The topological polar surface area (TPSA) is 83.6 Å². The number of aromatic nitrogens is 1. The lowest BCUT2D eigenvalue weighted by atomic mass is 10.1. The minimum atomic E-state index is -0.289. The van der Waals surface area contributed by atoms with E-state index in [1.165, 1.54) is 12.3 Å². The van der Waals surface area contributed by atoms with Crippen LogP contribution in [0.1, 0.15) is 26.4 Å². The number of methoxy groups -OCH3 is 1. The van der Waals surface area contributed by atoms with Crippen molar-refractivity contribution in [3.8, 4) is 5.75 Å². The van der Waals surface area contributed by atoms with Gasteiger partial charge in [0.25, 0.3) is 11.8 Å². The molecule has 0 saturated carbocycles. The van der Waals surface area contributed by atoms with Gasteiger partial charge < -0.3 is 20.3 Å². The Bertz CT molecular complexity index is 777. The third kappa shape index (κ3) is 6.71. The number of benzene rings is 1. The zero-order valence-corrected chi connectivity index (χ0v) is 16.0. The van der Waals surface area contributed by atoms with Gasteiger partial charge >= 0.3 is 0 Å². The fourth-order valence-electron chi connectivity index (χ4n) is 2.43. The van der Waals surface area contributed by atoms with Crippen molar-refractivity contribution in [3.63, 3.8) is 0 Å². The van der Waals surface area contributed by atoms with E-state index in [0.717, 1.165) is 17.9 Å². The highest BCUT2D eigenvalue weighted by Gasteiger charge is 2.11. The molecule has 2 amide bonds. The lowest BCUT2D eigenvalue weighted by Crippen LogP contribution is -2.32. The molecule has 0 aliphatic heterocycles. The van der Waals surface area contributed by atoms with Gasteiger partial charge in [-0.15, -0.1) is 0 Å². The SMILES string of the molecule is COc1cccc(CCNC(=O)c2ccnc(C(=O)NCCN(C)C)c2)c1. The minimum Gasteiger partial charge on any atom is -0.497 e. The zero-order chi connectivity index (χ0) is 19.6. The summed E-state index contributed by atoms with van der Waals surface area (Å²) in [5.74, 6) is 0.267. The first-order valence-corrected chi connectivity index (χ1v) is 8.79. The Morgan fingerprint density at radius 1 is 1.07 bits per heavy atom. The van der Waals surface area contributed by atoms with Crippen LogP contribution in [0.15, 0.2) is 42.6 Å². The number of likely N-dealkylation sites (N-methyl/N-ethyl adjacent to an activating group) is 1. The molecule has 2 aromatic rings. The molecule has 7 nitrogen and oxygen atoms in total. The molecule has 2 N–H and O–H groups in total. The standard InChI is InChI=1S/C20H26N4O3/c1-24(2)12-11-23-20(26)18-14-16(8-10-21-18)19(25)22-9-7-15-5-4-6-17(13-15)27-3/h4-6,8,10,13-14H,7,9,11-12H2,1-3H3,(H,22,25)(H,23,26). The summed E-state index contributed by atoms with van der Waals surface area (Å²) in [4.78, 5) is 30.5. The molecule has 2 rings (SSSR count). The van der Waals surface area contributed by atoms with Crippen LogP contribution in [0.2, 0.25) is 0 Å². The number of ether oxygens (including phenoxy) is 1. The molecule has 0 radical (unpaired) electrons. The van der Waals surface area contributed by atoms with E-state index < -0.39 is 0 Å². The summed E-state index contributed by atoms with van der Waals surface area (Å²) in [5.41, 5.74) is 1.72. The highest BCUT2D eigenvalue weighted by Crippen LogP contribution is 2.12. The Kier molecular flexibility index (Phi) is 7.76. The van der Waals surface area contributed by atoms with E-state index in [4.69, 9.17) is 4.74 Å². The van der Waals surface area contributed by atoms with Crippen molar-refractivity contribution in [3.05, 3.63) is 59.4 Å². The number of nitrogens with one attached hydrogen (secondary N) is 2. The molecular weight excluding hydrogens is 344 g/mol. The Labute approximate surface area is 159 Å². The minimum absolute atomic E-state index is 0.231. The fourth-order valence-corrected chi connectivity index (χ4v) is 2.43. The normalized spacial score (nSPS) is 10.5. The van der Waals surface area contributed by atoms with Crippen molar-refractivity contribution in [2.24, 2.45) is 0 Å². The Morgan fingerprint density at radius 2 is 1.85 bits per heavy atom. The molecule has 0 saturated heterocycles. The number of pyridine rings is 1. The predicted octanol–water partition coefficient (Wildman–Crippen LogP) is 1.35. The summed E-state index contributed by atoms with van der Waals surface area (Å²) in [6.45, 7) is 1.74. The van der Waals surface area contributed by atoms with Crippen molar-refractivity contribution in [1.82, 2.24) is 20.5 Å². The van der Waals surface area contributed by atoms with Gasteiger partial charge in [0.2, 0.25) is 0 Å². The number of hydrogen-bond acceptors (Lipinski definition) is 5. The highest BCUT2D eigenvalue weighted by atomic mass is 16.5. The van der Waals surface area contributed by atoms with E-state index in [1.807, 2.05) is 43.3 Å². The maximum Gasteiger partial charge on any atom is 0.269 e. The van der Waals surface area contributed by atoms with Gasteiger partial charge in [-0.25, -0.2) is 0 Å². The van der Waals surface area contributed by atoms with Gasteiger partial charge in [-0.2, -0.15) is 0 Å². The second-order valence-electron chi connectivity index (χ2n) is 6.35. The van der Waals surface area contributed by atoms with Crippen LogP contribution in [0.5, 0.6) is 5.75 Å². The molecular formula is C20H26N4O3. The number of amides is 2. The molecule has 0 aliphatic rings. The third-order valence-electron chi connectivity index (χ3n) is 3.93. The van der Waals surface area contributed by atoms with E-state index >= 15 is 0 Å². The van der Waals surface area contributed by atoms with Crippen LogP contribution in [-0.4, -0.2) is 62.5 Å². The average molecular weight is 370 g/mol. The van der Waals surface area contributed by atoms with Crippen molar-refractivity contribution in [1.29, 1.82) is 0 Å². The molecule has 144 valence electrons. The first-order chi connectivity index (χ1) is 13.0. The van der Waals surface area contributed by atoms with E-state index in [1.54, 1.807) is 13.2 Å². The Balaban J connectivity index is 1.87. The van der Waals surface area contributed by atoms with Crippen molar-refractivity contribution >= 4 is 11.8 Å². The van der Waals surface area contributed by atoms with Crippen LogP contribution in [-0.2, 0) is 6.42 Å². The molecule has 27 heavy (non-hydrogen) atoms. The number of hydrogen-bond donors (Lipinski definition) is 2. The van der Waals surface area contributed by atoms with E-state index in [-0.39, 0.29) is 17.5 Å². The maximum atomic E-state index is 12.3. The number of carbonyl (C=O) groups excluding carboxylic acids is 2. The van der Waals surface area contributed by atoms with Crippen molar-refractivity contribution in [2.45, 2.75) is 6.42 Å². The smallest absolute Gasteiger partial charge is 0.269 e.